The zero-order valence-corrected chi connectivity index (χ0v) is 19.4. The summed E-state index contributed by atoms with van der Waals surface area (Å²) in [5, 5.41) is 18.4. The summed E-state index contributed by atoms with van der Waals surface area (Å²) in [6.45, 7) is 5.30. The fraction of sp³-hybridized carbons (Fsp3) is 0.333. The van der Waals surface area contributed by atoms with Gasteiger partial charge < -0.3 is 25.2 Å². The lowest BCUT2D eigenvalue weighted by atomic mass is 9.99. The molecule has 3 amide bonds. The Balaban J connectivity index is 2.04. The molecule has 3 rings (SSSR count). The van der Waals surface area contributed by atoms with E-state index in [1.54, 1.807) is 63.4 Å². The van der Waals surface area contributed by atoms with Gasteiger partial charge in [-0.25, -0.2) is 9.59 Å². The van der Waals surface area contributed by atoms with Gasteiger partial charge in [-0.15, -0.1) is 0 Å². The Bertz CT molecular complexity index is 1110. The lowest BCUT2D eigenvalue weighted by Crippen LogP contribution is -2.35. The van der Waals surface area contributed by atoms with Gasteiger partial charge in [-0.3, -0.25) is 15.1 Å². The summed E-state index contributed by atoms with van der Waals surface area (Å²) in [6.07, 6.45) is 2.10. The van der Waals surface area contributed by atoms with Crippen molar-refractivity contribution in [3.63, 3.8) is 0 Å². The maximum Gasteiger partial charge on any atom is 0.411 e. The van der Waals surface area contributed by atoms with Gasteiger partial charge in [0.1, 0.15) is 5.60 Å². The number of pyridine rings is 1. The number of fused-ring (bicyclic) bond motifs is 4. The number of anilines is 2. The molecular weight excluding hydrogens is 440 g/mol. The predicted octanol–water partition coefficient (Wildman–Crippen LogP) is 3.75. The van der Waals surface area contributed by atoms with E-state index in [4.69, 9.17) is 4.74 Å². The van der Waals surface area contributed by atoms with Gasteiger partial charge in [-0.1, -0.05) is 18.2 Å². The molecule has 1 unspecified atom stereocenters. The van der Waals surface area contributed by atoms with E-state index in [1.165, 1.54) is 13.2 Å². The normalized spacial score (nSPS) is 18.8. The van der Waals surface area contributed by atoms with Crippen LogP contribution in [0.4, 0.5) is 21.0 Å². The number of amides is 3. The highest BCUT2D eigenvalue weighted by Gasteiger charge is 2.23. The van der Waals surface area contributed by atoms with Gasteiger partial charge in [-0.2, -0.15) is 0 Å². The fourth-order valence-electron chi connectivity index (χ4n) is 3.29. The highest BCUT2D eigenvalue weighted by molar-refractivity contribution is 6.00. The van der Waals surface area contributed by atoms with E-state index in [-0.39, 0.29) is 6.42 Å². The molecule has 10 nitrogen and oxygen atoms in total. The van der Waals surface area contributed by atoms with E-state index in [9.17, 15) is 19.5 Å². The van der Waals surface area contributed by atoms with Crippen molar-refractivity contribution >= 4 is 29.5 Å². The standard InChI is InChI=1S/C24H28N4O6/c1-24(2,3)34-23(32)28-17-6-5-7-20(29)21(30)27-18-13-15(26-22(31)33-4)8-9-16(18)14-10-11-25-19(17)12-14/h5,7-13,17,20,29H,6H2,1-4H3,(H,26,31)(H,27,30)(H,28,32)/b7-5+/t17-,20?/m0/s1. The second-order valence-electron chi connectivity index (χ2n) is 8.64. The molecule has 1 aliphatic heterocycles. The number of alkyl carbamates (subject to hydrolysis) is 1. The maximum absolute atomic E-state index is 12.6. The average molecular weight is 469 g/mol. The van der Waals surface area contributed by atoms with Crippen LogP contribution in [0.2, 0.25) is 0 Å². The summed E-state index contributed by atoms with van der Waals surface area (Å²) in [5.74, 6) is -0.653. The maximum atomic E-state index is 12.6. The van der Waals surface area contributed by atoms with Crippen LogP contribution in [0, 0.1) is 0 Å². The van der Waals surface area contributed by atoms with Gasteiger partial charge in [0, 0.05) is 17.4 Å². The molecule has 180 valence electrons. The Hall–Kier alpha value is -3.92. The van der Waals surface area contributed by atoms with Crippen molar-refractivity contribution in [2.75, 3.05) is 17.7 Å². The summed E-state index contributed by atoms with van der Waals surface area (Å²) in [4.78, 5) is 41.0. The van der Waals surface area contributed by atoms with E-state index in [0.29, 0.717) is 28.2 Å². The average Bonchev–Trinajstić information content (AvgIpc) is 2.76. The highest BCUT2D eigenvalue weighted by atomic mass is 16.6. The minimum Gasteiger partial charge on any atom is -0.453 e. The molecule has 0 saturated carbocycles. The fourth-order valence-corrected chi connectivity index (χ4v) is 3.29. The molecule has 0 spiro atoms. The number of benzene rings is 1. The lowest BCUT2D eigenvalue weighted by Gasteiger charge is -2.23. The van der Waals surface area contributed by atoms with Crippen LogP contribution in [0.15, 0.2) is 48.7 Å². The van der Waals surface area contributed by atoms with Gasteiger partial charge in [-0.05, 0) is 57.0 Å². The molecule has 4 N–H and O–H groups in total. The third kappa shape index (κ3) is 6.55. The molecule has 0 saturated heterocycles. The Morgan fingerprint density at radius 3 is 2.65 bits per heavy atom. The Morgan fingerprint density at radius 1 is 1.18 bits per heavy atom. The van der Waals surface area contributed by atoms with Crippen LogP contribution in [-0.4, -0.2) is 47.0 Å². The lowest BCUT2D eigenvalue weighted by molar-refractivity contribution is -0.121. The number of aliphatic hydroxyl groups is 1. The van der Waals surface area contributed by atoms with Gasteiger partial charge >= 0.3 is 12.2 Å². The first-order valence-electron chi connectivity index (χ1n) is 10.7. The van der Waals surface area contributed by atoms with Gasteiger partial charge in [0.2, 0.25) is 0 Å². The third-order valence-corrected chi connectivity index (χ3v) is 4.81. The van der Waals surface area contributed by atoms with Gasteiger partial charge in [0.05, 0.1) is 24.5 Å². The first-order chi connectivity index (χ1) is 16.1. The van der Waals surface area contributed by atoms with Crippen LogP contribution < -0.4 is 16.0 Å². The Morgan fingerprint density at radius 2 is 1.94 bits per heavy atom. The second kappa shape index (κ2) is 10.3. The minimum atomic E-state index is -1.43. The number of ether oxygens (including phenoxy) is 2. The molecule has 0 fully saturated rings. The van der Waals surface area contributed by atoms with Crippen molar-refractivity contribution in [1.29, 1.82) is 0 Å². The van der Waals surface area contributed by atoms with Crippen LogP contribution >= 0.6 is 0 Å². The number of hydrogen-bond donors (Lipinski definition) is 4. The van der Waals surface area contributed by atoms with Gasteiger partial charge in [0.25, 0.3) is 5.91 Å². The van der Waals surface area contributed by atoms with Gasteiger partial charge in [0.15, 0.2) is 6.10 Å². The molecule has 34 heavy (non-hydrogen) atoms. The van der Waals surface area contributed by atoms with Crippen molar-refractivity contribution < 1.29 is 29.0 Å². The van der Waals surface area contributed by atoms with E-state index >= 15 is 0 Å². The first kappa shape index (κ1) is 24.7. The number of hydrogen-bond acceptors (Lipinski definition) is 7. The molecule has 0 aliphatic carbocycles. The number of nitrogens with one attached hydrogen (secondary N) is 3. The molecule has 1 aromatic heterocycles. The van der Waals surface area contributed by atoms with Crippen molar-refractivity contribution in [1.82, 2.24) is 10.3 Å². The summed E-state index contributed by atoms with van der Waals surface area (Å²) in [7, 11) is 1.24. The number of rotatable bonds is 2. The quantitative estimate of drug-likeness (QED) is 0.492. The minimum absolute atomic E-state index is 0.273. The molecular formula is C24H28N4O6. The number of methoxy groups -OCH3 is 1. The number of aliphatic hydroxyl groups excluding tert-OH is 1. The number of aromatic nitrogens is 1. The van der Waals surface area contributed by atoms with E-state index < -0.39 is 35.8 Å². The SMILES string of the molecule is COC(=O)Nc1ccc2c(c1)NC(=O)C(O)/C=C/C[C@H](NC(=O)OC(C)(C)C)c1cc-2ccn1. The summed E-state index contributed by atoms with van der Waals surface area (Å²) in [6, 6.07) is 7.91. The third-order valence-electron chi connectivity index (χ3n) is 4.81. The summed E-state index contributed by atoms with van der Waals surface area (Å²) < 4.78 is 9.99. The van der Waals surface area contributed by atoms with E-state index in [2.05, 4.69) is 25.7 Å². The Labute approximate surface area is 197 Å². The number of carbonyl (C=O) groups excluding carboxylic acids is 3. The van der Waals surface area contributed by atoms with Crippen molar-refractivity contribution in [3.8, 4) is 11.1 Å². The molecule has 10 heteroatoms. The topological polar surface area (TPSA) is 139 Å². The number of carbonyl (C=O) groups is 3. The Kier molecular flexibility index (Phi) is 7.52. The van der Waals surface area contributed by atoms with Crippen LogP contribution in [0.3, 0.4) is 0 Å². The van der Waals surface area contributed by atoms with Crippen LogP contribution in [0.5, 0.6) is 0 Å². The van der Waals surface area contributed by atoms with Crippen molar-refractivity contribution in [2.45, 2.75) is 44.9 Å². The van der Waals surface area contributed by atoms with Crippen LogP contribution in [0.25, 0.3) is 11.1 Å². The zero-order chi connectivity index (χ0) is 24.9. The molecule has 2 atom stereocenters. The molecule has 2 aromatic rings. The van der Waals surface area contributed by atoms with E-state index in [1.807, 2.05) is 0 Å². The largest absolute Gasteiger partial charge is 0.453 e. The smallest absolute Gasteiger partial charge is 0.411 e. The summed E-state index contributed by atoms with van der Waals surface area (Å²) >= 11 is 0. The zero-order valence-electron chi connectivity index (χ0n) is 19.4. The molecule has 2 heterocycles. The monoisotopic (exact) mass is 468 g/mol. The predicted molar refractivity (Wildman–Crippen MR) is 126 cm³/mol. The second-order valence-corrected chi connectivity index (χ2v) is 8.64. The van der Waals surface area contributed by atoms with Crippen molar-refractivity contribution in [3.05, 3.63) is 54.4 Å². The van der Waals surface area contributed by atoms with Crippen LogP contribution in [-0.2, 0) is 14.3 Å². The number of nitrogens with zero attached hydrogens (tertiary/aromatic N) is 1. The molecule has 1 aliphatic rings. The van der Waals surface area contributed by atoms with E-state index in [0.717, 1.165) is 0 Å². The molecule has 1 aromatic carbocycles. The molecule has 2 bridgehead atoms. The highest BCUT2D eigenvalue weighted by Crippen LogP contribution is 2.33. The van der Waals surface area contributed by atoms with Crippen molar-refractivity contribution in [2.24, 2.45) is 0 Å². The molecule has 0 radical (unpaired) electrons. The summed E-state index contributed by atoms with van der Waals surface area (Å²) in [5.41, 5.74) is 1.98. The first-order valence-corrected chi connectivity index (χ1v) is 10.7. The van der Waals surface area contributed by atoms with Crippen LogP contribution in [0.1, 0.15) is 38.9 Å².